The third kappa shape index (κ3) is 5.75. The Hall–Kier alpha value is -4.04. The van der Waals surface area contributed by atoms with Crippen molar-refractivity contribution in [1.82, 2.24) is 15.3 Å². The molecule has 3 aromatic carbocycles. The zero-order valence-corrected chi connectivity index (χ0v) is 21.8. The fourth-order valence-electron chi connectivity index (χ4n) is 4.80. The maximum Gasteiger partial charge on any atom is 0.407 e. The van der Waals surface area contributed by atoms with E-state index < -0.39 is 11.7 Å². The lowest BCUT2D eigenvalue weighted by atomic mass is 9.85. The zero-order valence-electron chi connectivity index (χ0n) is 21.1. The summed E-state index contributed by atoms with van der Waals surface area (Å²) < 4.78 is 11.4. The summed E-state index contributed by atoms with van der Waals surface area (Å²) in [5.74, 6) is 0.729. The molecule has 1 saturated heterocycles. The summed E-state index contributed by atoms with van der Waals surface area (Å²) >= 11 is 6.21. The number of nitrogens with one attached hydrogen (secondary N) is 1. The first-order valence-corrected chi connectivity index (χ1v) is 12.9. The van der Waals surface area contributed by atoms with E-state index in [1.165, 1.54) is 7.11 Å². The van der Waals surface area contributed by atoms with Gasteiger partial charge in [-0.1, -0.05) is 72.3 Å². The second-order valence-corrected chi connectivity index (χ2v) is 9.82. The minimum atomic E-state index is -0.686. The first-order chi connectivity index (χ1) is 18.4. The van der Waals surface area contributed by atoms with Gasteiger partial charge in [0.2, 0.25) is 11.8 Å². The van der Waals surface area contributed by atoms with Gasteiger partial charge in [-0.3, -0.25) is 0 Å². The van der Waals surface area contributed by atoms with Crippen molar-refractivity contribution >= 4 is 34.5 Å². The van der Waals surface area contributed by atoms with Crippen molar-refractivity contribution in [3.63, 3.8) is 0 Å². The lowest BCUT2D eigenvalue weighted by molar-refractivity contribution is -0.00745. The van der Waals surface area contributed by atoms with Crippen molar-refractivity contribution in [3.05, 3.63) is 88.9 Å². The Morgan fingerprint density at radius 3 is 2.34 bits per heavy atom. The van der Waals surface area contributed by atoms with E-state index in [0.717, 1.165) is 11.1 Å². The molecule has 1 fully saturated rings. The smallest absolute Gasteiger partial charge is 0.407 e. The van der Waals surface area contributed by atoms with Crippen molar-refractivity contribution in [2.45, 2.75) is 31.4 Å². The highest BCUT2D eigenvalue weighted by molar-refractivity contribution is 6.32. The second kappa shape index (κ2) is 11.1. The maximum absolute atomic E-state index is 12.9. The highest BCUT2D eigenvalue weighted by atomic mass is 35.5. The molecule has 38 heavy (non-hydrogen) atoms. The molecule has 8 nitrogen and oxygen atoms in total. The van der Waals surface area contributed by atoms with Crippen LogP contribution in [0, 0.1) is 0 Å². The molecular formula is C29H29ClN4O4. The quantitative estimate of drug-likeness (QED) is 0.324. The van der Waals surface area contributed by atoms with Gasteiger partial charge in [0.25, 0.3) is 0 Å². The van der Waals surface area contributed by atoms with Crippen LogP contribution in [-0.4, -0.2) is 47.0 Å². The Morgan fingerprint density at radius 1 is 1.03 bits per heavy atom. The summed E-state index contributed by atoms with van der Waals surface area (Å²) in [6.07, 6.45) is 1.31. The standard InChI is InChI=1S/C29H29ClN4O4/c1-37-25-17-24-22(16-23(25)30)26(35)33-27(32-24)34-14-12-29(13-15-34,18-20-8-4-2-5-9-20)38-28(36)31-19-21-10-6-3-7-11-21/h2-11,16-17H,12-15,18-19H2,1H3,(H,31,36)(H,32,33,35). The largest absolute Gasteiger partial charge is 0.495 e. The van der Waals surface area contributed by atoms with E-state index in [1.54, 1.807) is 12.1 Å². The van der Waals surface area contributed by atoms with Gasteiger partial charge in [0.05, 0.1) is 23.0 Å². The van der Waals surface area contributed by atoms with Crippen LogP contribution in [0.3, 0.4) is 0 Å². The number of alkyl carbamates (subject to hydrolysis) is 1. The number of hydrogen-bond donors (Lipinski definition) is 2. The fourth-order valence-corrected chi connectivity index (χ4v) is 5.04. The normalized spacial score (nSPS) is 14.7. The number of fused-ring (bicyclic) bond motifs is 1. The number of piperidine rings is 1. The minimum Gasteiger partial charge on any atom is -0.495 e. The summed E-state index contributed by atoms with van der Waals surface area (Å²) in [5, 5.41) is 14.3. The van der Waals surface area contributed by atoms with Crippen molar-refractivity contribution in [2.75, 3.05) is 25.1 Å². The van der Waals surface area contributed by atoms with Crippen molar-refractivity contribution in [2.24, 2.45) is 0 Å². The molecule has 1 amide bonds. The monoisotopic (exact) mass is 532 g/mol. The number of rotatable bonds is 7. The second-order valence-electron chi connectivity index (χ2n) is 9.41. The van der Waals surface area contributed by atoms with Crippen LogP contribution < -0.4 is 15.0 Å². The van der Waals surface area contributed by atoms with Gasteiger partial charge in [0, 0.05) is 45.0 Å². The van der Waals surface area contributed by atoms with E-state index in [0.29, 0.717) is 66.5 Å². The van der Waals surface area contributed by atoms with Crippen LogP contribution in [0.4, 0.5) is 10.7 Å². The van der Waals surface area contributed by atoms with Gasteiger partial charge in [0.1, 0.15) is 11.4 Å². The third-order valence-corrected chi connectivity index (χ3v) is 7.15. The van der Waals surface area contributed by atoms with Crippen LogP contribution >= 0.6 is 11.6 Å². The lowest BCUT2D eigenvalue weighted by Crippen LogP contribution is -2.50. The number of aromatic hydroxyl groups is 1. The average Bonchev–Trinajstić information content (AvgIpc) is 2.93. The Kier molecular flexibility index (Phi) is 7.51. The van der Waals surface area contributed by atoms with Gasteiger partial charge in [-0.05, 0) is 17.2 Å². The van der Waals surface area contributed by atoms with Crippen LogP contribution in [0.15, 0.2) is 72.8 Å². The average molecular weight is 533 g/mol. The molecule has 0 saturated carbocycles. The number of methoxy groups -OCH3 is 1. The molecule has 1 aliphatic rings. The molecule has 196 valence electrons. The summed E-state index contributed by atoms with van der Waals surface area (Å²) in [6, 6.07) is 23.0. The third-order valence-electron chi connectivity index (χ3n) is 6.85. The highest BCUT2D eigenvalue weighted by Gasteiger charge is 2.39. The molecule has 2 heterocycles. The molecule has 1 aromatic heterocycles. The maximum atomic E-state index is 12.9. The van der Waals surface area contributed by atoms with E-state index in [-0.39, 0.29) is 5.88 Å². The summed E-state index contributed by atoms with van der Waals surface area (Å²) in [5.41, 5.74) is 1.95. The minimum absolute atomic E-state index is 0.146. The Bertz CT molecular complexity index is 1410. The predicted octanol–water partition coefficient (Wildman–Crippen LogP) is 5.51. The van der Waals surface area contributed by atoms with Gasteiger partial charge in [0.15, 0.2) is 0 Å². The number of benzene rings is 3. The van der Waals surface area contributed by atoms with Gasteiger partial charge in [-0.25, -0.2) is 9.78 Å². The van der Waals surface area contributed by atoms with Crippen molar-refractivity contribution in [1.29, 1.82) is 0 Å². The van der Waals surface area contributed by atoms with Gasteiger partial charge in [-0.2, -0.15) is 4.98 Å². The summed E-state index contributed by atoms with van der Waals surface area (Å²) in [6.45, 7) is 1.49. The molecular weight excluding hydrogens is 504 g/mol. The van der Waals surface area contributed by atoms with E-state index in [4.69, 9.17) is 21.1 Å². The summed E-state index contributed by atoms with van der Waals surface area (Å²) in [4.78, 5) is 23.9. The number of carbonyl (C=O) groups excluding carboxylic acids is 1. The zero-order chi connectivity index (χ0) is 26.5. The molecule has 0 aliphatic carbocycles. The van der Waals surface area contributed by atoms with Crippen LogP contribution in [0.25, 0.3) is 10.9 Å². The summed E-state index contributed by atoms with van der Waals surface area (Å²) in [7, 11) is 1.53. The van der Waals surface area contributed by atoms with E-state index in [2.05, 4.69) is 15.3 Å². The topological polar surface area (TPSA) is 96.8 Å². The molecule has 0 bridgehead atoms. The molecule has 5 rings (SSSR count). The van der Waals surface area contributed by atoms with Crippen LogP contribution in [0.5, 0.6) is 11.6 Å². The Labute approximate surface area is 226 Å². The Balaban J connectivity index is 1.33. The number of ether oxygens (including phenoxy) is 2. The number of nitrogens with zero attached hydrogens (tertiary/aromatic N) is 3. The molecule has 4 aromatic rings. The molecule has 1 aliphatic heterocycles. The van der Waals surface area contributed by atoms with Crippen LogP contribution in [0.2, 0.25) is 5.02 Å². The number of aromatic nitrogens is 2. The van der Waals surface area contributed by atoms with Crippen molar-refractivity contribution in [3.8, 4) is 11.6 Å². The molecule has 9 heteroatoms. The molecule has 0 atom stereocenters. The molecule has 0 radical (unpaired) electrons. The SMILES string of the molecule is COc1cc2nc(N3CCC(Cc4ccccc4)(OC(=O)NCc4ccccc4)CC3)nc(O)c2cc1Cl. The molecule has 2 N–H and O–H groups in total. The van der Waals surface area contributed by atoms with Crippen molar-refractivity contribution < 1.29 is 19.4 Å². The lowest BCUT2D eigenvalue weighted by Gasteiger charge is -2.41. The van der Waals surface area contributed by atoms with Gasteiger partial charge in [-0.15, -0.1) is 0 Å². The highest BCUT2D eigenvalue weighted by Crippen LogP contribution is 2.36. The predicted molar refractivity (Wildman–Crippen MR) is 147 cm³/mol. The van der Waals surface area contributed by atoms with Crippen LogP contribution in [-0.2, 0) is 17.7 Å². The number of hydrogen-bond acceptors (Lipinski definition) is 7. The van der Waals surface area contributed by atoms with Gasteiger partial charge < -0.3 is 24.8 Å². The first-order valence-electron chi connectivity index (χ1n) is 12.5. The molecule has 0 unspecified atom stereocenters. The Morgan fingerprint density at radius 2 is 1.68 bits per heavy atom. The number of amides is 1. The number of anilines is 1. The first kappa shape index (κ1) is 25.6. The van der Waals surface area contributed by atoms with E-state index in [9.17, 15) is 9.90 Å². The van der Waals surface area contributed by atoms with Gasteiger partial charge >= 0.3 is 6.09 Å². The van der Waals surface area contributed by atoms with E-state index in [1.807, 2.05) is 65.6 Å². The fraction of sp³-hybridized carbons (Fsp3) is 0.276. The van der Waals surface area contributed by atoms with E-state index >= 15 is 0 Å². The van der Waals surface area contributed by atoms with Crippen LogP contribution in [0.1, 0.15) is 24.0 Å². The number of halogens is 1. The number of carbonyl (C=O) groups is 1. The molecule has 0 spiro atoms.